The molecule has 104 valence electrons. The van der Waals surface area contributed by atoms with E-state index in [9.17, 15) is 10.2 Å². The number of nitrogens with one attached hydrogen (secondary N) is 1. The van der Waals surface area contributed by atoms with Crippen molar-refractivity contribution in [3.63, 3.8) is 0 Å². The van der Waals surface area contributed by atoms with E-state index >= 15 is 0 Å². The number of ether oxygens (including phenoxy) is 1. The Balaban J connectivity index is 1.84. The molecule has 0 saturated carbocycles. The van der Waals surface area contributed by atoms with E-state index in [0.717, 1.165) is 0 Å². The monoisotopic (exact) mass is 269 g/mol. The first kappa shape index (κ1) is 12.5. The highest BCUT2D eigenvalue weighted by atomic mass is 16.6. The van der Waals surface area contributed by atoms with Crippen LogP contribution in [0.4, 0.5) is 5.82 Å². The second kappa shape index (κ2) is 4.54. The third-order valence-corrected chi connectivity index (χ3v) is 3.39. The molecule has 0 aromatic carbocycles. The zero-order valence-corrected chi connectivity index (χ0v) is 9.92. The SMILES string of the molecule is NC1c2[nH]cnc2N=CN1[C@@H]1O[C@H](CO)[C@H](O)[C@@H]1O. The number of imidazole rings is 1. The molecule has 6 N–H and O–H groups in total. The van der Waals surface area contributed by atoms with Crippen LogP contribution in [0.15, 0.2) is 11.3 Å². The number of rotatable bonds is 2. The van der Waals surface area contributed by atoms with Crippen molar-refractivity contribution in [2.75, 3.05) is 6.61 Å². The largest absolute Gasteiger partial charge is 0.394 e. The van der Waals surface area contributed by atoms with Gasteiger partial charge in [0.25, 0.3) is 0 Å². The smallest absolute Gasteiger partial charge is 0.178 e. The molecule has 1 saturated heterocycles. The highest BCUT2D eigenvalue weighted by molar-refractivity contribution is 5.65. The van der Waals surface area contributed by atoms with E-state index in [2.05, 4.69) is 15.0 Å². The van der Waals surface area contributed by atoms with Crippen molar-refractivity contribution < 1.29 is 20.1 Å². The first-order valence-electron chi connectivity index (χ1n) is 5.86. The molecule has 1 aromatic rings. The third kappa shape index (κ3) is 1.83. The Morgan fingerprint density at radius 3 is 2.89 bits per heavy atom. The van der Waals surface area contributed by atoms with Gasteiger partial charge in [-0.05, 0) is 0 Å². The molecule has 1 fully saturated rings. The number of aliphatic hydroxyl groups excluding tert-OH is 3. The minimum atomic E-state index is -1.18. The summed E-state index contributed by atoms with van der Waals surface area (Å²) < 4.78 is 5.41. The maximum absolute atomic E-state index is 9.96. The summed E-state index contributed by atoms with van der Waals surface area (Å²) in [7, 11) is 0. The summed E-state index contributed by atoms with van der Waals surface area (Å²) in [4.78, 5) is 12.4. The third-order valence-electron chi connectivity index (χ3n) is 3.39. The van der Waals surface area contributed by atoms with E-state index in [-0.39, 0.29) is 6.61 Å². The number of aromatic nitrogens is 2. The standard InChI is InChI=1S/C10H15N5O4/c11-8-5-9(13-2-12-5)14-3-15(8)10-7(18)6(17)4(1-16)19-10/h2-4,6-8,10,16-18H,1,11H2,(H,12,13)/t4-,6+,7+,8?,10-/m1/s1. The van der Waals surface area contributed by atoms with Gasteiger partial charge in [-0.3, -0.25) is 0 Å². The van der Waals surface area contributed by atoms with Gasteiger partial charge in [-0.2, -0.15) is 0 Å². The van der Waals surface area contributed by atoms with Crippen LogP contribution in [0.3, 0.4) is 0 Å². The van der Waals surface area contributed by atoms with E-state index in [0.29, 0.717) is 11.5 Å². The van der Waals surface area contributed by atoms with E-state index in [4.69, 9.17) is 15.6 Å². The number of nitrogens with zero attached hydrogens (tertiary/aromatic N) is 3. The van der Waals surface area contributed by atoms with Crippen LogP contribution < -0.4 is 5.73 Å². The first-order chi connectivity index (χ1) is 9.13. The fourth-order valence-corrected chi connectivity index (χ4v) is 2.31. The van der Waals surface area contributed by atoms with Gasteiger partial charge in [-0.15, -0.1) is 0 Å². The molecule has 0 radical (unpaired) electrons. The lowest BCUT2D eigenvalue weighted by Gasteiger charge is -2.34. The topological polar surface area (TPSA) is 140 Å². The number of aromatic amines is 1. The van der Waals surface area contributed by atoms with Crippen LogP contribution in [-0.4, -0.2) is 67.7 Å². The van der Waals surface area contributed by atoms with E-state index in [1.54, 1.807) is 0 Å². The lowest BCUT2D eigenvalue weighted by Crippen LogP contribution is -2.48. The Bertz CT molecular complexity index is 492. The van der Waals surface area contributed by atoms with Gasteiger partial charge >= 0.3 is 0 Å². The number of nitrogens with two attached hydrogens (primary N) is 1. The van der Waals surface area contributed by atoms with Crippen LogP contribution in [0.1, 0.15) is 11.9 Å². The number of hydrogen-bond donors (Lipinski definition) is 5. The second-order valence-electron chi connectivity index (χ2n) is 4.51. The molecule has 5 atom stereocenters. The van der Waals surface area contributed by atoms with E-state index in [1.807, 2.05) is 0 Å². The van der Waals surface area contributed by atoms with Gasteiger partial charge in [-0.1, -0.05) is 0 Å². The summed E-state index contributed by atoms with van der Waals surface area (Å²) in [6.45, 7) is -0.385. The molecule has 9 heteroatoms. The van der Waals surface area contributed by atoms with Gasteiger partial charge in [0, 0.05) is 0 Å². The van der Waals surface area contributed by atoms with Crippen molar-refractivity contribution in [1.82, 2.24) is 14.9 Å². The zero-order chi connectivity index (χ0) is 13.6. The molecule has 19 heavy (non-hydrogen) atoms. The normalized spacial score (nSPS) is 37.7. The van der Waals surface area contributed by atoms with Crippen molar-refractivity contribution in [3.8, 4) is 0 Å². The quantitative estimate of drug-likeness (QED) is 0.409. The highest BCUT2D eigenvalue weighted by Gasteiger charge is 2.47. The van der Waals surface area contributed by atoms with Gasteiger partial charge in [0.1, 0.15) is 24.5 Å². The predicted octanol–water partition coefficient (Wildman–Crippen LogP) is -2.22. The predicted molar refractivity (Wildman–Crippen MR) is 63.3 cm³/mol. The Kier molecular flexibility index (Phi) is 2.99. The van der Waals surface area contributed by atoms with Crippen molar-refractivity contribution in [2.45, 2.75) is 30.7 Å². The fraction of sp³-hybridized carbons (Fsp3) is 0.600. The van der Waals surface area contributed by atoms with Crippen molar-refractivity contribution in [1.29, 1.82) is 0 Å². The Morgan fingerprint density at radius 1 is 1.42 bits per heavy atom. The summed E-state index contributed by atoms with van der Waals surface area (Å²) in [6.07, 6.45) is -1.81. The minimum absolute atomic E-state index is 0.385. The van der Waals surface area contributed by atoms with Crippen LogP contribution in [0.25, 0.3) is 0 Å². The van der Waals surface area contributed by atoms with Crippen molar-refractivity contribution in [2.24, 2.45) is 10.7 Å². The molecular formula is C10H15N5O4. The van der Waals surface area contributed by atoms with Crippen LogP contribution >= 0.6 is 0 Å². The molecular weight excluding hydrogens is 254 g/mol. The summed E-state index contributed by atoms with van der Waals surface area (Å²) in [6, 6.07) is 0. The molecule has 0 bridgehead atoms. The van der Waals surface area contributed by atoms with Crippen molar-refractivity contribution >= 4 is 12.2 Å². The van der Waals surface area contributed by atoms with Crippen LogP contribution in [0, 0.1) is 0 Å². The molecule has 2 aliphatic rings. The van der Waals surface area contributed by atoms with Gasteiger partial charge in [0.2, 0.25) is 0 Å². The zero-order valence-electron chi connectivity index (χ0n) is 9.92. The molecule has 9 nitrogen and oxygen atoms in total. The number of aliphatic imine (C=N–C) groups is 1. The summed E-state index contributed by atoms with van der Waals surface area (Å²) in [5.41, 5.74) is 6.64. The van der Waals surface area contributed by atoms with Gasteiger partial charge in [-0.25, -0.2) is 9.98 Å². The summed E-state index contributed by atoms with van der Waals surface area (Å²) in [5, 5.41) is 28.8. The van der Waals surface area contributed by atoms with Gasteiger partial charge in [0.15, 0.2) is 12.0 Å². The lowest BCUT2D eigenvalue weighted by atomic mass is 10.1. The Hall–Kier alpha value is -1.52. The average molecular weight is 269 g/mol. The Morgan fingerprint density at radius 2 is 2.21 bits per heavy atom. The average Bonchev–Trinajstić information content (AvgIpc) is 2.98. The maximum atomic E-state index is 9.96. The van der Waals surface area contributed by atoms with E-state index < -0.39 is 30.7 Å². The first-order valence-corrected chi connectivity index (χ1v) is 5.86. The molecule has 1 aromatic heterocycles. The highest BCUT2D eigenvalue weighted by Crippen LogP contribution is 2.32. The molecule has 3 heterocycles. The Labute approximate surface area is 108 Å². The molecule has 0 aliphatic carbocycles. The van der Waals surface area contributed by atoms with Crippen molar-refractivity contribution in [3.05, 3.63) is 12.0 Å². The van der Waals surface area contributed by atoms with Crippen LogP contribution in [0.5, 0.6) is 0 Å². The number of aliphatic hydroxyl groups is 3. The molecule has 0 spiro atoms. The van der Waals surface area contributed by atoms with Gasteiger partial charge < -0.3 is 35.7 Å². The van der Waals surface area contributed by atoms with E-state index in [1.165, 1.54) is 17.6 Å². The minimum Gasteiger partial charge on any atom is -0.394 e. The molecule has 3 rings (SSSR count). The number of H-pyrrole nitrogens is 1. The molecule has 2 aliphatic heterocycles. The molecule has 1 unspecified atom stereocenters. The van der Waals surface area contributed by atoms with Crippen LogP contribution in [-0.2, 0) is 4.74 Å². The second-order valence-corrected chi connectivity index (χ2v) is 4.51. The fourth-order valence-electron chi connectivity index (χ4n) is 2.31. The number of hydrogen-bond acceptors (Lipinski definition) is 8. The summed E-state index contributed by atoms with van der Waals surface area (Å²) >= 11 is 0. The van der Waals surface area contributed by atoms with Crippen LogP contribution in [0.2, 0.25) is 0 Å². The van der Waals surface area contributed by atoms with Gasteiger partial charge in [0.05, 0.1) is 25.0 Å². The summed E-state index contributed by atoms with van der Waals surface area (Å²) in [5.74, 6) is 0.482. The molecule has 0 amide bonds. The lowest BCUT2D eigenvalue weighted by molar-refractivity contribution is -0.0823. The maximum Gasteiger partial charge on any atom is 0.178 e. The number of fused-ring (bicyclic) bond motifs is 1.